The summed E-state index contributed by atoms with van der Waals surface area (Å²) in [5.74, 6) is -0.254. The lowest BCUT2D eigenvalue weighted by Crippen LogP contribution is -2.43. The van der Waals surface area contributed by atoms with Crippen LogP contribution >= 0.6 is 0 Å². The van der Waals surface area contributed by atoms with E-state index >= 15 is 0 Å². The first-order chi connectivity index (χ1) is 8.09. The van der Waals surface area contributed by atoms with Crippen molar-refractivity contribution in [2.75, 3.05) is 13.2 Å². The van der Waals surface area contributed by atoms with E-state index in [0.717, 1.165) is 5.56 Å². The van der Waals surface area contributed by atoms with E-state index in [0.29, 0.717) is 25.7 Å². The fourth-order valence-electron chi connectivity index (χ4n) is 1.59. The quantitative estimate of drug-likeness (QED) is 0.763. The highest BCUT2D eigenvalue weighted by atomic mass is 28.4. The maximum atomic E-state index is 12.7. The first kappa shape index (κ1) is 14.3. The van der Waals surface area contributed by atoms with Gasteiger partial charge < -0.3 is 13.6 Å². The van der Waals surface area contributed by atoms with E-state index in [-0.39, 0.29) is 5.82 Å². The summed E-state index contributed by atoms with van der Waals surface area (Å²) in [5, 5.41) is 0. The molecule has 0 radical (unpaired) electrons. The molecule has 1 N–H and O–H groups in total. The number of aryl methyl sites for hydroxylation is 1. The highest BCUT2D eigenvalue weighted by Crippen LogP contribution is 2.15. The van der Waals surface area contributed by atoms with Gasteiger partial charge in [0.1, 0.15) is 5.82 Å². The van der Waals surface area contributed by atoms with Crippen LogP contribution in [0, 0.1) is 5.82 Å². The van der Waals surface area contributed by atoms with Gasteiger partial charge in [0.25, 0.3) is 0 Å². The molecule has 0 bridgehead atoms. The number of halogens is 1. The van der Waals surface area contributed by atoms with Crippen LogP contribution in [0.4, 0.5) is 4.39 Å². The van der Waals surface area contributed by atoms with Crippen LogP contribution in [0.5, 0.6) is 0 Å². The molecular weight excluding hydrogens is 239 g/mol. The third kappa shape index (κ3) is 4.95. The summed E-state index contributed by atoms with van der Waals surface area (Å²) < 4.78 is 23.3. The number of benzene rings is 1. The molecule has 0 aliphatic heterocycles. The second-order valence-corrected chi connectivity index (χ2v) is 6.21. The van der Waals surface area contributed by atoms with Gasteiger partial charge >= 0.3 is 8.80 Å². The summed E-state index contributed by atoms with van der Waals surface area (Å²) >= 11 is 0. The van der Waals surface area contributed by atoms with Gasteiger partial charge in [0, 0.05) is 19.3 Å². The topological polar surface area (TPSA) is 38.7 Å². The lowest BCUT2D eigenvalue weighted by atomic mass is 10.2. The van der Waals surface area contributed by atoms with E-state index in [4.69, 9.17) is 8.85 Å². The predicted molar refractivity (Wildman–Crippen MR) is 66.1 cm³/mol. The third-order valence-corrected chi connectivity index (χ3v) is 4.74. The third-order valence-electron chi connectivity index (χ3n) is 2.38. The van der Waals surface area contributed by atoms with Crippen molar-refractivity contribution in [3.05, 3.63) is 35.6 Å². The van der Waals surface area contributed by atoms with Crippen LogP contribution in [0.25, 0.3) is 0 Å². The summed E-state index contributed by atoms with van der Waals surface area (Å²) in [7, 11) is -3.04. The van der Waals surface area contributed by atoms with Crippen molar-refractivity contribution in [3.63, 3.8) is 0 Å². The maximum Gasteiger partial charge on any atom is 0.498 e. The summed E-state index contributed by atoms with van der Waals surface area (Å²) in [6.07, 6.45) is 0.628. The monoisotopic (exact) mass is 258 g/mol. The molecule has 3 nitrogen and oxygen atoms in total. The average Bonchev–Trinajstić information content (AvgIpc) is 2.29. The molecule has 0 saturated carbocycles. The molecule has 0 aliphatic rings. The molecule has 5 heteroatoms. The van der Waals surface area contributed by atoms with Gasteiger partial charge in [-0.3, -0.25) is 0 Å². The molecule has 0 aromatic heterocycles. The summed E-state index contributed by atoms with van der Waals surface area (Å²) in [6.45, 7) is 4.53. The fraction of sp³-hybridized carbons (Fsp3) is 0.500. The molecule has 96 valence electrons. The van der Waals surface area contributed by atoms with Crippen LogP contribution in [0.1, 0.15) is 19.4 Å². The lowest BCUT2D eigenvalue weighted by molar-refractivity contribution is 0.108. The largest absolute Gasteiger partial charge is 0.498 e. The van der Waals surface area contributed by atoms with Crippen LogP contribution in [0.15, 0.2) is 24.3 Å². The Bertz CT molecular complexity index is 323. The Morgan fingerprint density at radius 2 is 1.65 bits per heavy atom. The van der Waals surface area contributed by atoms with Crippen molar-refractivity contribution in [3.8, 4) is 0 Å². The molecule has 1 aromatic carbocycles. The Kier molecular flexibility index (Phi) is 5.77. The second-order valence-electron chi connectivity index (χ2n) is 3.71. The number of hydrogen-bond acceptors (Lipinski definition) is 3. The minimum Gasteiger partial charge on any atom is -0.390 e. The van der Waals surface area contributed by atoms with Crippen LogP contribution in [0.2, 0.25) is 6.04 Å². The Balaban J connectivity index is 2.54. The molecular formula is C12H19FO3Si. The first-order valence-corrected chi connectivity index (χ1v) is 7.81. The van der Waals surface area contributed by atoms with E-state index in [1.165, 1.54) is 12.1 Å². The van der Waals surface area contributed by atoms with Crippen LogP contribution < -0.4 is 0 Å². The van der Waals surface area contributed by atoms with Crippen LogP contribution in [-0.4, -0.2) is 26.8 Å². The van der Waals surface area contributed by atoms with Crippen molar-refractivity contribution in [2.24, 2.45) is 0 Å². The Morgan fingerprint density at radius 1 is 1.12 bits per heavy atom. The lowest BCUT2D eigenvalue weighted by Gasteiger charge is -2.22. The summed E-state index contributed by atoms with van der Waals surface area (Å²) in [5.41, 5.74) is 0.969. The van der Waals surface area contributed by atoms with Crippen LogP contribution in [-0.2, 0) is 15.3 Å². The smallest absolute Gasteiger partial charge is 0.390 e. The van der Waals surface area contributed by atoms with E-state index in [9.17, 15) is 9.19 Å². The minimum absolute atomic E-state index is 0.254. The molecule has 0 heterocycles. The first-order valence-electron chi connectivity index (χ1n) is 5.84. The van der Waals surface area contributed by atoms with Crippen molar-refractivity contribution in [2.45, 2.75) is 26.3 Å². The van der Waals surface area contributed by atoms with Gasteiger partial charge in [-0.1, -0.05) is 12.1 Å². The zero-order valence-corrected chi connectivity index (χ0v) is 11.3. The van der Waals surface area contributed by atoms with Gasteiger partial charge in [0.05, 0.1) is 0 Å². The minimum atomic E-state index is -3.04. The molecule has 1 aromatic rings. The highest BCUT2D eigenvalue weighted by molar-refractivity contribution is 6.59. The Labute approximate surface area is 103 Å². The van der Waals surface area contributed by atoms with Crippen LogP contribution in [0.3, 0.4) is 0 Å². The number of hydrogen-bond donors (Lipinski definition) is 1. The zero-order chi connectivity index (χ0) is 12.7. The fourth-order valence-corrected chi connectivity index (χ4v) is 3.47. The van der Waals surface area contributed by atoms with E-state index in [1.807, 2.05) is 13.8 Å². The average molecular weight is 258 g/mol. The van der Waals surface area contributed by atoms with Crippen molar-refractivity contribution < 1.29 is 18.0 Å². The van der Waals surface area contributed by atoms with Crippen molar-refractivity contribution in [1.82, 2.24) is 0 Å². The predicted octanol–water partition coefficient (Wildman–Crippen LogP) is 2.37. The summed E-state index contributed by atoms with van der Waals surface area (Å²) in [6, 6.07) is 6.71. The van der Waals surface area contributed by atoms with E-state index in [2.05, 4.69) is 0 Å². The van der Waals surface area contributed by atoms with E-state index < -0.39 is 8.80 Å². The van der Waals surface area contributed by atoms with Gasteiger partial charge in [-0.05, 0) is 38.0 Å². The highest BCUT2D eigenvalue weighted by Gasteiger charge is 2.35. The van der Waals surface area contributed by atoms with Gasteiger partial charge in [0.2, 0.25) is 0 Å². The molecule has 1 rings (SSSR count). The zero-order valence-electron chi connectivity index (χ0n) is 10.3. The van der Waals surface area contributed by atoms with Gasteiger partial charge in [-0.2, -0.15) is 0 Å². The van der Waals surface area contributed by atoms with Gasteiger partial charge in [0.15, 0.2) is 0 Å². The standard InChI is InChI=1S/C12H19FO3Si/c1-3-15-17(14,16-4-2)10-9-11-5-7-12(13)8-6-11/h5-8,14H,3-4,9-10H2,1-2H3. The Hall–Kier alpha value is -0.753. The van der Waals surface area contributed by atoms with E-state index in [1.54, 1.807) is 12.1 Å². The molecule has 0 aliphatic carbocycles. The van der Waals surface area contributed by atoms with Crippen molar-refractivity contribution in [1.29, 1.82) is 0 Å². The molecule has 0 unspecified atom stereocenters. The normalized spacial score (nSPS) is 11.8. The summed E-state index contributed by atoms with van der Waals surface area (Å²) in [4.78, 5) is 10.1. The number of rotatable bonds is 7. The second kappa shape index (κ2) is 6.86. The molecule has 0 saturated heterocycles. The molecule has 17 heavy (non-hydrogen) atoms. The molecule has 0 amide bonds. The molecule has 0 fully saturated rings. The SMILES string of the molecule is CCO[Si](O)(CCc1ccc(F)cc1)OCC. The van der Waals surface area contributed by atoms with Gasteiger partial charge in [-0.25, -0.2) is 4.39 Å². The maximum absolute atomic E-state index is 12.7. The van der Waals surface area contributed by atoms with Crippen molar-refractivity contribution >= 4 is 8.80 Å². The molecule has 0 atom stereocenters. The van der Waals surface area contributed by atoms with Gasteiger partial charge in [-0.15, -0.1) is 0 Å². The Morgan fingerprint density at radius 3 is 2.12 bits per heavy atom. The molecule has 0 spiro atoms.